The summed E-state index contributed by atoms with van der Waals surface area (Å²) < 4.78 is 6.80. The molecule has 9 heteroatoms. The van der Waals surface area contributed by atoms with Crippen molar-refractivity contribution in [2.75, 3.05) is 13.2 Å². The molecule has 0 aliphatic carbocycles. The van der Waals surface area contributed by atoms with Crippen molar-refractivity contribution < 1.29 is 19.4 Å². The molecule has 0 aromatic carbocycles. The zero-order valence-corrected chi connectivity index (χ0v) is 11.8. The summed E-state index contributed by atoms with van der Waals surface area (Å²) in [6.45, 7) is 3.38. The number of hydrogen-bond acceptors (Lipinski definition) is 5. The Morgan fingerprint density at radius 3 is 2.81 bits per heavy atom. The van der Waals surface area contributed by atoms with Crippen molar-refractivity contribution in [1.29, 1.82) is 0 Å². The number of rotatable bonds is 5. The molecule has 0 spiro atoms. The summed E-state index contributed by atoms with van der Waals surface area (Å²) in [5.41, 5.74) is -1.26. The van der Waals surface area contributed by atoms with Gasteiger partial charge in [-0.3, -0.25) is 0 Å². The summed E-state index contributed by atoms with van der Waals surface area (Å²) in [7, 11) is 0. The lowest BCUT2D eigenvalue weighted by Crippen LogP contribution is -2.59. The van der Waals surface area contributed by atoms with Crippen molar-refractivity contribution in [3.05, 3.63) is 12.2 Å². The predicted molar refractivity (Wildman–Crippen MR) is 71.5 cm³/mol. The number of ether oxygens (including phenoxy) is 1. The van der Waals surface area contributed by atoms with Crippen molar-refractivity contribution in [3.8, 4) is 0 Å². The Hall–Kier alpha value is -2.16. The fourth-order valence-electron chi connectivity index (χ4n) is 2.22. The Bertz CT molecular complexity index is 510. The first-order valence-electron chi connectivity index (χ1n) is 6.81. The molecule has 9 nitrogen and oxygen atoms in total. The van der Waals surface area contributed by atoms with Crippen LogP contribution >= 0.6 is 0 Å². The zero-order valence-electron chi connectivity index (χ0n) is 11.8. The average molecular weight is 297 g/mol. The van der Waals surface area contributed by atoms with Gasteiger partial charge in [0.25, 0.3) is 0 Å². The van der Waals surface area contributed by atoms with Crippen molar-refractivity contribution in [2.45, 2.75) is 38.4 Å². The first-order chi connectivity index (χ1) is 10.1. The van der Waals surface area contributed by atoms with Crippen LogP contribution in [-0.4, -0.2) is 50.6 Å². The molecule has 1 fully saturated rings. The zero-order chi connectivity index (χ0) is 15.3. The van der Waals surface area contributed by atoms with Gasteiger partial charge in [-0.05, 0) is 6.92 Å². The number of nitrogens with one attached hydrogen (secondary N) is 2. The largest absolute Gasteiger partial charge is 0.480 e. The van der Waals surface area contributed by atoms with Gasteiger partial charge >= 0.3 is 12.0 Å². The van der Waals surface area contributed by atoms with Crippen molar-refractivity contribution >= 4 is 12.0 Å². The van der Waals surface area contributed by atoms with Gasteiger partial charge in [-0.1, -0.05) is 0 Å². The van der Waals surface area contributed by atoms with Crippen LogP contribution in [-0.2, 0) is 22.6 Å². The number of urea groups is 1. The van der Waals surface area contributed by atoms with Gasteiger partial charge in [0.05, 0.1) is 6.54 Å². The second-order valence-electron chi connectivity index (χ2n) is 4.80. The highest BCUT2D eigenvalue weighted by Gasteiger charge is 2.41. The first-order valence-corrected chi connectivity index (χ1v) is 6.81. The maximum absolute atomic E-state index is 11.9. The van der Waals surface area contributed by atoms with E-state index in [1.807, 2.05) is 6.92 Å². The van der Waals surface area contributed by atoms with E-state index in [0.717, 1.165) is 0 Å². The van der Waals surface area contributed by atoms with E-state index in [4.69, 9.17) is 4.74 Å². The summed E-state index contributed by atoms with van der Waals surface area (Å²) in [5.74, 6) is -0.429. The van der Waals surface area contributed by atoms with E-state index in [2.05, 4.69) is 20.7 Å². The van der Waals surface area contributed by atoms with E-state index >= 15 is 0 Å². The highest BCUT2D eigenvalue weighted by Crippen LogP contribution is 2.20. The number of hydrogen-bond donors (Lipinski definition) is 3. The third-order valence-electron chi connectivity index (χ3n) is 3.51. The fraction of sp³-hybridized carbons (Fsp3) is 0.667. The van der Waals surface area contributed by atoms with Crippen LogP contribution in [0.3, 0.4) is 0 Å². The van der Waals surface area contributed by atoms with E-state index in [1.165, 1.54) is 6.33 Å². The van der Waals surface area contributed by atoms with Crippen LogP contribution < -0.4 is 10.6 Å². The van der Waals surface area contributed by atoms with Gasteiger partial charge < -0.3 is 20.5 Å². The number of carboxylic acid groups (broad SMARTS) is 1. The van der Waals surface area contributed by atoms with E-state index in [9.17, 15) is 14.7 Å². The maximum atomic E-state index is 11.9. The summed E-state index contributed by atoms with van der Waals surface area (Å²) in [4.78, 5) is 27.4. The summed E-state index contributed by atoms with van der Waals surface area (Å²) >= 11 is 0. The lowest BCUT2D eigenvalue weighted by molar-refractivity contribution is -0.148. The Morgan fingerprint density at radius 1 is 1.48 bits per heavy atom. The third kappa shape index (κ3) is 3.48. The summed E-state index contributed by atoms with van der Waals surface area (Å²) in [5, 5.41) is 18.5. The third-order valence-corrected chi connectivity index (χ3v) is 3.51. The molecule has 2 amide bonds. The molecule has 1 aliphatic rings. The van der Waals surface area contributed by atoms with Crippen molar-refractivity contribution in [2.24, 2.45) is 0 Å². The molecular weight excluding hydrogens is 278 g/mol. The highest BCUT2D eigenvalue weighted by atomic mass is 16.5. The van der Waals surface area contributed by atoms with Crippen LogP contribution in [0.1, 0.15) is 25.6 Å². The van der Waals surface area contributed by atoms with Gasteiger partial charge in [0.2, 0.25) is 0 Å². The van der Waals surface area contributed by atoms with Gasteiger partial charge in [-0.2, -0.15) is 5.10 Å². The molecule has 0 radical (unpaired) electrons. The number of carboxylic acids is 1. The maximum Gasteiger partial charge on any atom is 0.329 e. The van der Waals surface area contributed by atoms with Crippen LogP contribution in [0.5, 0.6) is 0 Å². The number of amides is 2. The minimum atomic E-state index is -1.26. The van der Waals surface area contributed by atoms with Gasteiger partial charge in [0.1, 0.15) is 17.7 Å². The lowest BCUT2D eigenvalue weighted by Gasteiger charge is -2.33. The van der Waals surface area contributed by atoms with E-state index in [0.29, 0.717) is 25.6 Å². The SMILES string of the molecule is CCn1ncnc1CNC(=O)NC1(C(=O)O)CCOCC1. The van der Waals surface area contributed by atoms with Crippen LogP contribution in [0.25, 0.3) is 0 Å². The van der Waals surface area contributed by atoms with Gasteiger partial charge in [0, 0.05) is 32.6 Å². The fourth-order valence-corrected chi connectivity index (χ4v) is 2.22. The Labute approximate surface area is 121 Å². The topological polar surface area (TPSA) is 118 Å². The van der Waals surface area contributed by atoms with Crippen LogP contribution in [0, 0.1) is 0 Å². The molecule has 1 aromatic heterocycles. The number of aryl methyl sites for hydroxylation is 1. The van der Waals surface area contributed by atoms with E-state index in [1.54, 1.807) is 4.68 Å². The molecule has 0 saturated carbocycles. The Morgan fingerprint density at radius 2 is 2.19 bits per heavy atom. The number of carbonyl (C=O) groups is 2. The lowest BCUT2D eigenvalue weighted by atomic mass is 9.90. The summed E-state index contributed by atoms with van der Waals surface area (Å²) in [6.07, 6.45) is 1.91. The quantitative estimate of drug-likeness (QED) is 0.688. The molecule has 1 aliphatic heterocycles. The normalized spacial score (nSPS) is 17.2. The first kappa shape index (κ1) is 15.2. The Kier molecular flexibility index (Phi) is 4.73. The molecular formula is C12H19N5O4. The molecule has 2 heterocycles. The Balaban J connectivity index is 1.92. The number of carbonyl (C=O) groups excluding carboxylic acids is 1. The molecule has 1 aromatic rings. The van der Waals surface area contributed by atoms with Crippen LogP contribution in [0.2, 0.25) is 0 Å². The monoisotopic (exact) mass is 297 g/mol. The second kappa shape index (κ2) is 6.53. The predicted octanol–water partition coefficient (Wildman–Crippen LogP) is -0.269. The van der Waals surface area contributed by atoms with Gasteiger partial charge in [-0.15, -0.1) is 0 Å². The molecule has 21 heavy (non-hydrogen) atoms. The van der Waals surface area contributed by atoms with Crippen LogP contribution in [0.15, 0.2) is 6.33 Å². The highest BCUT2D eigenvalue weighted by molar-refractivity contribution is 5.86. The molecule has 0 atom stereocenters. The number of nitrogens with zero attached hydrogens (tertiary/aromatic N) is 3. The van der Waals surface area contributed by atoms with Gasteiger partial charge in [0.15, 0.2) is 0 Å². The van der Waals surface area contributed by atoms with E-state index in [-0.39, 0.29) is 19.4 Å². The smallest absolute Gasteiger partial charge is 0.329 e. The molecule has 0 unspecified atom stereocenters. The summed E-state index contributed by atoms with van der Waals surface area (Å²) in [6, 6.07) is -0.537. The van der Waals surface area contributed by atoms with Crippen molar-refractivity contribution in [3.63, 3.8) is 0 Å². The van der Waals surface area contributed by atoms with Gasteiger partial charge in [-0.25, -0.2) is 19.3 Å². The van der Waals surface area contributed by atoms with Crippen molar-refractivity contribution in [1.82, 2.24) is 25.4 Å². The minimum absolute atomic E-state index is 0.186. The van der Waals surface area contributed by atoms with E-state index < -0.39 is 17.5 Å². The molecule has 3 N–H and O–H groups in total. The molecule has 1 saturated heterocycles. The second-order valence-corrected chi connectivity index (χ2v) is 4.80. The number of aromatic nitrogens is 3. The molecule has 0 bridgehead atoms. The van der Waals surface area contributed by atoms with Crippen LogP contribution in [0.4, 0.5) is 4.79 Å². The standard InChI is InChI=1S/C12H19N5O4/c1-2-17-9(14-8-15-17)7-13-11(20)16-12(10(18)19)3-5-21-6-4-12/h8H,2-7H2,1H3,(H,18,19)(H2,13,16,20). The average Bonchev–Trinajstić information content (AvgIpc) is 2.93. The minimum Gasteiger partial charge on any atom is -0.480 e. The molecule has 116 valence electrons. The molecule has 2 rings (SSSR count). The number of aliphatic carboxylic acids is 1.